The lowest BCUT2D eigenvalue weighted by Crippen LogP contribution is -2.60. The monoisotopic (exact) mass is 450 g/mol. The van der Waals surface area contributed by atoms with Crippen LogP contribution >= 0.6 is 0 Å². The predicted octanol–water partition coefficient (Wildman–Crippen LogP) is 1.76. The molecule has 32 heavy (non-hydrogen) atoms. The number of hydrogen-bond acceptors (Lipinski definition) is 6. The summed E-state index contributed by atoms with van der Waals surface area (Å²) in [6, 6.07) is -0.866. The standard InChI is InChI=1S/C24H38N2O6/c1-8-11-26(22(4,5)6)20(29)18-24-14-15(3)23(7,32-24)17(21(30)31-9-2)16(24)19(28)25(18)12-10-13-27/h8,15-18,27H,1,9-14H2,2-7H3/t15?,16-,17+,18?,23-,24?/m0/s1. The molecule has 8 heteroatoms. The zero-order chi connectivity index (χ0) is 24.1. The zero-order valence-electron chi connectivity index (χ0n) is 20.2. The lowest BCUT2D eigenvalue weighted by atomic mass is 9.62. The Bertz CT molecular complexity index is 792. The van der Waals surface area contributed by atoms with Crippen molar-refractivity contribution < 1.29 is 29.0 Å². The summed E-state index contributed by atoms with van der Waals surface area (Å²) in [7, 11) is 0. The summed E-state index contributed by atoms with van der Waals surface area (Å²) in [6.07, 6.45) is 2.52. The van der Waals surface area contributed by atoms with Crippen molar-refractivity contribution in [2.75, 3.05) is 26.3 Å². The summed E-state index contributed by atoms with van der Waals surface area (Å²) >= 11 is 0. The molecule has 3 fully saturated rings. The minimum absolute atomic E-state index is 0.0310. The minimum Gasteiger partial charge on any atom is -0.466 e. The van der Waals surface area contributed by atoms with Crippen LogP contribution in [0.1, 0.15) is 54.4 Å². The Hall–Kier alpha value is -1.93. The molecule has 1 spiro atoms. The van der Waals surface area contributed by atoms with Gasteiger partial charge in [0.25, 0.3) is 0 Å². The van der Waals surface area contributed by atoms with E-state index in [4.69, 9.17) is 9.47 Å². The van der Waals surface area contributed by atoms with Crippen LogP contribution in [0.2, 0.25) is 0 Å². The van der Waals surface area contributed by atoms with Gasteiger partial charge in [-0.2, -0.15) is 0 Å². The van der Waals surface area contributed by atoms with Crippen LogP contribution in [-0.4, -0.2) is 81.8 Å². The van der Waals surface area contributed by atoms with E-state index in [2.05, 4.69) is 6.58 Å². The quantitative estimate of drug-likeness (QED) is 0.447. The maximum Gasteiger partial charge on any atom is 0.312 e. The number of nitrogens with zero attached hydrogens (tertiary/aromatic N) is 2. The van der Waals surface area contributed by atoms with Crippen LogP contribution in [0.5, 0.6) is 0 Å². The van der Waals surface area contributed by atoms with Crippen LogP contribution in [0.4, 0.5) is 0 Å². The maximum atomic E-state index is 14.1. The predicted molar refractivity (Wildman–Crippen MR) is 118 cm³/mol. The molecular weight excluding hydrogens is 412 g/mol. The minimum atomic E-state index is -1.10. The number of fused-ring (bicyclic) bond motifs is 1. The highest BCUT2D eigenvalue weighted by atomic mass is 16.6. The van der Waals surface area contributed by atoms with Crippen LogP contribution < -0.4 is 0 Å². The second-order valence-electron chi connectivity index (χ2n) is 10.5. The molecule has 3 heterocycles. The summed E-state index contributed by atoms with van der Waals surface area (Å²) in [4.78, 5) is 44.1. The van der Waals surface area contributed by atoms with Crippen LogP contribution in [0.25, 0.3) is 0 Å². The van der Waals surface area contributed by atoms with Crippen molar-refractivity contribution in [2.24, 2.45) is 17.8 Å². The Morgan fingerprint density at radius 1 is 1.41 bits per heavy atom. The highest BCUT2D eigenvalue weighted by Gasteiger charge is 2.80. The molecule has 1 N–H and O–H groups in total. The van der Waals surface area contributed by atoms with Crippen molar-refractivity contribution in [1.82, 2.24) is 9.80 Å². The Morgan fingerprint density at radius 3 is 2.59 bits per heavy atom. The van der Waals surface area contributed by atoms with E-state index in [0.29, 0.717) is 19.4 Å². The summed E-state index contributed by atoms with van der Waals surface area (Å²) in [5.41, 5.74) is -2.47. The first-order chi connectivity index (χ1) is 14.9. The van der Waals surface area contributed by atoms with Crippen LogP contribution in [0, 0.1) is 17.8 Å². The molecule has 3 aliphatic rings. The van der Waals surface area contributed by atoms with Gasteiger partial charge in [-0.1, -0.05) is 13.0 Å². The van der Waals surface area contributed by atoms with E-state index in [9.17, 15) is 19.5 Å². The molecule has 0 aromatic rings. The van der Waals surface area contributed by atoms with E-state index < -0.39 is 40.6 Å². The van der Waals surface area contributed by atoms with E-state index in [-0.39, 0.29) is 37.5 Å². The third kappa shape index (κ3) is 3.46. The number of rotatable bonds is 8. The molecule has 2 amide bonds. The number of hydrogen-bond donors (Lipinski definition) is 1. The van der Waals surface area contributed by atoms with Crippen molar-refractivity contribution in [3.8, 4) is 0 Å². The van der Waals surface area contributed by atoms with Gasteiger partial charge in [0, 0.05) is 25.2 Å². The Kier molecular flexibility index (Phi) is 6.52. The average Bonchev–Trinajstić information content (AvgIpc) is 3.20. The van der Waals surface area contributed by atoms with Gasteiger partial charge in [-0.25, -0.2) is 0 Å². The largest absolute Gasteiger partial charge is 0.466 e. The Labute approximate surface area is 190 Å². The number of carbonyl (C=O) groups excluding carboxylic acids is 3. The van der Waals surface area contributed by atoms with Gasteiger partial charge in [-0.05, 0) is 53.4 Å². The van der Waals surface area contributed by atoms with Gasteiger partial charge in [0.15, 0.2) is 0 Å². The van der Waals surface area contributed by atoms with Crippen molar-refractivity contribution in [2.45, 2.75) is 77.2 Å². The van der Waals surface area contributed by atoms with Crippen molar-refractivity contribution in [1.29, 1.82) is 0 Å². The third-order valence-corrected chi connectivity index (χ3v) is 7.53. The van der Waals surface area contributed by atoms with Crippen molar-refractivity contribution in [3.05, 3.63) is 12.7 Å². The number of aliphatic hydroxyl groups excluding tert-OH is 1. The molecule has 2 bridgehead atoms. The van der Waals surface area contributed by atoms with Gasteiger partial charge in [-0.15, -0.1) is 6.58 Å². The fraction of sp³-hybridized carbons (Fsp3) is 0.792. The molecule has 0 aromatic carbocycles. The summed E-state index contributed by atoms with van der Waals surface area (Å²) < 4.78 is 12.0. The first kappa shape index (κ1) is 24.7. The average molecular weight is 451 g/mol. The Morgan fingerprint density at radius 2 is 2.06 bits per heavy atom. The van der Waals surface area contributed by atoms with Gasteiger partial charge in [-0.3, -0.25) is 14.4 Å². The number of esters is 1. The van der Waals surface area contributed by atoms with Gasteiger partial charge in [0.2, 0.25) is 11.8 Å². The number of aliphatic hydroxyl groups is 1. The molecule has 3 aliphatic heterocycles. The molecule has 0 radical (unpaired) electrons. The highest BCUT2D eigenvalue weighted by molar-refractivity contribution is 5.98. The van der Waals surface area contributed by atoms with E-state index >= 15 is 0 Å². The third-order valence-electron chi connectivity index (χ3n) is 7.53. The highest BCUT2D eigenvalue weighted by Crippen LogP contribution is 2.65. The fourth-order valence-corrected chi connectivity index (χ4v) is 6.06. The van der Waals surface area contributed by atoms with E-state index in [1.165, 1.54) is 4.90 Å². The number of ether oxygens (including phenoxy) is 2. The zero-order valence-corrected chi connectivity index (χ0v) is 20.2. The Balaban J connectivity index is 2.13. The number of carbonyl (C=O) groups is 3. The van der Waals surface area contributed by atoms with Crippen molar-refractivity contribution in [3.63, 3.8) is 0 Å². The molecule has 0 aromatic heterocycles. The van der Waals surface area contributed by atoms with Crippen LogP contribution in [0.15, 0.2) is 12.7 Å². The molecule has 8 nitrogen and oxygen atoms in total. The molecule has 180 valence electrons. The van der Waals surface area contributed by atoms with Gasteiger partial charge in [0.1, 0.15) is 17.6 Å². The summed E-state index contributed by atoms with van der Waals surface area (Å²) in [5, 5.41) is 9.43. The maximum absolute atomic E-state index is 14.1. The van der Waals surface area contributed by atoms with Crippen LogP contribution in [-0.2, 0) is 23.9 Å². The van der Waals surface area contributed by atoms with E-state index in [0.717, 1.165) is 0 Å². The topological polar surface area (TPSA) is 96.4 Å². The van der Waals surface area contributed by atoms with Crippen LogP contribution in [0.3, 0.4) is 0 Å². The molecule has 3 saturated heterocycles. The number of amides is 2. The SMILES string of the molecule is C=CCN(C(=O)C1N(CCCO)C(=O)[C@@H]2[C@H](C(=O)OCC)[C@@]3(C)OC12CC3C)C(C)(C)C. The first-order valence-electron chi connectivity index (χ1n) is 11.6. The van der Waals surface area contributed by atoms with Crippen molar-refractivity contribution >= 4 is 17.8 Å². The molecule has 6 atom stereocenters. The molecule has 0 aliphatic carbocycles. The lowest BCUT2D eigenvalue weighted by Gasteiger charge is -2.42. The lowest BCUT2D eigenvalue weighted by molar-refractivity contribution is -0.162. The van der Waals surface area contributed by atoms with E-state index in [1.54, 1.807) is 17.9 Å². The second-order valence-corrected chi connectivity index (χ2v) is 10.5. The second kappa shape index (κ2) is 8.45. The fourth-order valence-electron chi connectivity index (χ4n) is 6.06. The van der Waals surface area contributed by atoms with E-state index in [1.807, 2.05) is 34.6 Å². The summed E-state index contributed by atoms with van der Waals surface area (Å²) in [6.45, 7) is 15.9. The summed E-state index contributed by atoms with van der Waals surface area (Å²) in [5.74, 6) is -2.51. The molecule has 3 unspecified atom stereocenters. The molecule has 0 saturated carbocycles. The normalized spacial score (nSPS) is 35.7. The first-order valence-corrected chi connectivity index (χ1v) is 11.6. The number of likely N-dealkylation sites (tertiary alicyclic amines) is 1. The molecule has 3 rings (SSSR count). The smallest absolute Gasteiger partial charge is 0.312 e. The van der Waals surface area contributed by atoms with Gasteiger partial charge < -0.3 is 24.4 Å². The van der Waals surface area contributed by atoms with Gasteiger partial charge >= 0.3 is 5.97 Å². The van der Waals surface area contributed by atoms with Gasteiger partial charge in [0.05, 0.1) is 18.1 Å². The molecular formula is C24H38N2O6.